The molecule has 23 heavy (non-hydrogen) atoms. The van der Waals surface area contributed by atoms with Gasteiger partial charge in [0.25, 0.3) is 0 Å². The first kappa shape index (κ1) is 17.4. The Morgan fingerprint density at radius 2 is 2.04 bits per heavy atom. The van der Waals surface area contributed by atoms with Gasteiger partial charge in [-0.3, -0.25) is 9.00 Å². The van der Waals surface area contributed by atoms with Crippen LogP contribution in [0.15, 0.2) is 24.3 Å². The van der Waals surface area contributed by atoms with Gasteiger partial charge in [-0.1, -0.05) is 12.1 Å². The Morgan fingerprint density at radius 3 is 2.65 bits per heavy atom. The number of methoxy groups -OCH3 is 1. The minimum atomic E-state index is -2.99. The molecular weight excluding hydrogens is 328 g/mol. The summed E-state index contributed by atoms with van der Waals surface area (Å²) in [7, 11) is 0.477. The topological polar surface area (TPSA) is 55.8 Å². The number of carbonyl (C=O) groups excluding carboxylic acids is 1. The van der Waals surface area contributed by atoms with Crippen molar-refractivity contribution in [1.29, 1.82) is 0 Å². The van der Waals surface area contributed by atoms with Crippen molar-refractivity contribution in [1.82, 2.24) is 4.90 Å². The predicted octanol–water partition coefficient (Wildman–Crippen LogP) is 1.90. The van der Waals surface area contributed by atoms with E-state index in [-0.39, 0.29) is 17.4 Å². The monoisotopic (exact) mass is 345 g/mol. The zero-order valence-corrected chi connectivity index (χ0v) is 13.4. The minimum absolute atomic E-state index is 0.117. The largest absolute Gasteiger partial charge is 0.493 e. The van der Waals surface area contributed by atoms with Crippen molar-refractivity contribution in [2.45, 2.75) is 6.61 Å². The zero-order chi connectivity index (χ0) is 16.8. The summed E-state index contributed by atoms with van der Waals surface area (Å²) in [5.41, 5.74) is 0.318. The number of halogens is 2. The summed E-state index contributed by atoms with van der Waals surface area (Å²) in [6.07, 6.45) is 2.70. The first-order valence-electron chi connectivity index (χ1n) is 6.95. The number of nitrogens with zero attached hydrogens (tertiary/aromatic N) is 1. The van der Waals surface area contributed by atoms with Gasteiger partial charge in [0.1, 0.15) is 0 Å². The number of benzene rings is 1. The highest BCUT2D eigenvalue weighted by molar-refractivity contribution is 7.85. The zero-order valence-electron chi connectivity index (χ0n) is 12.5. The summed E-state index contributed by atoms with van der Waals surface area (Å²) < 4.78 is 45.8. The SMILES string of the molecule is COc1cccc(/C=C\C(=O)N2CCS(=O)CC2)c1OC(F)F. The van der Waals surface area contributed by atoms with Crippen LogP contribution in [0.4, 0.5) is 8.78 Å². The summed E-state index contributed by atoms with van der Waals surface area (Å²) in [4.78, 5) is 13.7. The second-order valence-corrected chi connectivity index (χ2v) is 6.46. The number of ether oxygens (including phenoxy) is 2. The van der Waals surface area contributed by atoms with Crippen LogP contribution in [-0.4, -0.2) is 53.3 Å². The van der Waals surface area contributed by atoms with Gasteiger partial charge in [-0.05, 0) is 12.1 Å². The molecule has 1 amide bonds. The molecule has 0 unspecified atom stereocenters. The van der Waals surface area contributed by atoms with Crippen LogP contribution < -0.4 is 9.47 Å². The molecule has 1 aromatic rings. The van der Waals surface area contributed by atoms with Crippen molar-refractivity contribution in [3.8, 4) is 11.5 Å². The Labute approximate surface area is 135 Å². The fourth-order valence-corrected chi connectivity index (χ4v) is 3.22. The highest BCUT2D eigenvalue weighted by Crippen LogP contribution is 2.33. The molecule has 1 aliphatic rings. The molecule has 126 valence electrons. The number of para-hydroxylation sites is 1. The molecule has 8 heteroatoms. The minimum Gasteiger partial charge on any atom is -0.493 e. The Balaban J connectivity index is 2.15. The van der Waals surface area contributed by atoms with Gasteiger partial charge in [-0.2, -0.15) is 8.78 Å². The lowest BCUT2D eigenvalue weighted by Crippen LogP contribution is -2.40. The molecule has 0 spiro atoms. The van der Waals surface area contributed by atoms with Gasteiger partial charge >= 0.3 is 6.61 Å². The highest BCUT2D eigenvalue weighted by atomic mass is 32.2. The average molecular weight is 345 g/mol. The lowest BCUT2D eigenvalue weighted by Gasteiger charge is -2.25. The van der Waals surface area contributed by atoms with E-state index in [1.807, 2.05) is 0 Å². The van der Waals surface area contributed by atoms with E-state index in [4.69, 9.17) is 4.74 Å². The van der Waals surface area contributed by atoms with Crippen LogP contribution in [0.25, 0.3) is 6.08 Å². The molecule has 5 nitrogen and oxygen atoms in total. The quantitative estimate of drug-likeness (QED) is 0.765. The van der Waals surface area contributed by atoms with Crippen LogP contribution in [0.5, 0.6) is 11.5 Å². The third-order valence-electron chi connectivity index (χ3n) is 3.33. The van der Waals surface area contributed by atoms with Gasteiger partial charge in [0, 0.05) is 47.0 Å². The highest BCUT2D eigenvalue weighted by Gasteiger charge is 2.19. The molecular formula is C15H17F2NO4S. The molecule has 0 aromatic heterocycles. The molecule has 0 bridgehead atoms. The normalized spacial score (nSPS) is 16.1. The Kier molecular flexibility index (Phi) is 6.09. The molecule has 1 aliphatic heterocycles. The van der Waals surface area contributed by atoms with Crippen molar-refractivity contribution in [3.63, 3.8) is 0 Å². The van der Waals surface area contributed by atoms with Gasteiger partial charge in [-0.25, -0.2) is 0 Å². The van der Waals surface area contributed by atoms with E-state index < -0.39 is 17.4 Å². The fraction of sp³-hybridized carbons (Fsp3) is 0.400. The number of rotatable bonds is 5. The van der Waals surface area contributed by atoms with E-state index in [1.54, 1.807) is 17.0 Å². The number of hydrogen-bond acceptors (Lipinski definition) is 4. The van der Waals surface area contributed by atoms with Gasteiger partial charge in [0.05, 0.1) is 7.11 Å². The van der Waals surface area contributed by atoms with Crippen molar-refractivity contribution in [2.75, 3.05) is 31.7 Å². The molecule has 2 rings (SSSR count). The fourth-order valence-electron chi connectivity index (χ4n) is 2.16. The first-order valence-corrected chi connectivity index (χ1v) is 8.44. The molecule has 1 aromatic carbocycles. The lowest BCUT2D eigenvalue weighted by atomic mass is 10.1. The van der Waals surface area contributed by atoms with Gasteiger partial charge in [-0.15, -0.1) is 0 Å². The first-order chi connectivity index (χ1) is 11.0. The third kappa shape index (κ3) is 4.75. The van der Waals surface area contributed by atoms with Gasteiger partial charge < -0.3 is 14.4 Å². The van der Waals surface area contributed by atoms with Crippen molar-refractivity contribution >= 4 is 22.8 Å². The third-order valence-corrected chi connectivity index (χ3v) is 4.61. The van der Waals surface area contributed by atoms with E-state index in [9.17, 15) is 17.8 Å². The molecule has 1 saturated heterocycles. The van der Waals surface area contributed by atoms with E-state index in [1.165, 1.54) is 25.3 Å². The molecule has 0 N–H and O–H groups in total. The van der Waals surface area contributed by atoms with E-state index in [2.05, 4.69) is 4.74 Å². The number of carbonyl (C=O) groups is 1. The summed E-state index contributed by atoms with van der Waals surface area (Å²) in [5, 5.41) is 0. The number of alkyl halides is 2. The van der Waals surface area contributed by atoms with Crippen LogP contribution >= 0.6 is 0 Å². The lowest BCUT2D eigenvalue weighted by molar-refractivity contribution is -0.125. The van der Waals surface area contributed by atoms with Crippen LogP contribution in [0.1, 0.15) is 5.56 Å². The number of amides is 1. The van der Waals surface area contributed by atoms with E-state index in [0.29, 0.717) is 30.2 Å². The number of hydrogen-bond donors (Lipinski definition) is 0. The van der Waals surface area contributed by atoms with Crippen molar-refractivity contribution in [3.05, 3.63) is 29.8 Å². The predicted molar refractivity (Wildman–Crippen MR) is 83.1 cm³/mol. The molecule has 1 fully saturated rings. The Bertz CT molecular complexity index is 611. The van der Waals surface area contributed by atoms with Crippen LogP contribution in [0.2, 0.25) is 0 Å². The van der Waals surface area contributed by atoms with Crippen LogP contribution in [0, 0.1) is 0 Å². The standard InChI is InChI=1S/C15H17F2NO4S/c1-21-12-4-2-3-11(14(12)22-15(16)17)5-6-13(19)18-7-9-23(20)10-8-18/h2-6,15H,7-10H2,1H3/b6-5-. The molecule has 0 radical (unpaired) electrons. The molecule has 0 atom stereocenters. The van der Waals surface area contributed by atoms with Crippen LogP contribution in [-0.2, 0) is 15.6 Å². The maximum Gasteiger partial charge on any atom is 0.387 e. The maximum atomic E-state index is 12.5. The smallest absolute Gasteiger partial charge is 0.387 e. The van der Waals surface area contributed by atoms with Gasteiger partial charge in [0.15, 0.2) is 11.5 Å². The summed E-state index contributed by atoms with van der Waals surface area (Å²) in [6, 6.07) is 4.66. The van der Waals surface area contributed by atoms with Gasteiger partial charge in [0.2, 0.25) is 5.91 Å². The van der Waals surface area contributed by atoms with Crippen molar-refractivity contribution in [2.24, 2.45) is 0 Å². The second-order valence-electron chi connectivity index (χ2n) is 4.76. The molecule has 0 saturated carbocycles. The maximum absolute atomic E-state index is 12.5. The van der Waals surface area contributed by atoms with E-state index >= 15 is 0 Å². The Morgan fingerprint density at radius 1 is 1.35 bits per heavy atom. The summed E-state index contributed by atoms with van der Waals surface area (Å²) >= 11 is 0. The second kappa shape index (κ2) is 8.05. The van der Waals surface area contributed by atoms with E-state index in [0.717, 1.165) is 0 Å². The molecule has 0 aliphatic carbocycles. The van der Waals surface area contributed by atoms with Crippen LogP contribution in [0.3, 0.4) is 0 Å². The Hall–Kier alpha value is -1.96. The summed E-state index contributed by atoms with van der Waals surface area (Å²) in [5.74, 6) is 0.700. The molecule has 1 heterocycles. The average Bonchev–Trinajstić information content (AvgIpc) is 2.53. The summed E-state index contributed by atoms with van der Waals surface area (Å²) in [6.45, 7) is -2.14. The van der Waals surface area contributed by atoms with Crippen molar-refractivity contribution < 1.29 is 27.3 Å².